The minimum Gasteiger partial charge on any atom is -0.285 e. The minimum atomic E-state index is 0.00579. The summed E-state index contributed by atoms with van der Waals surface area (Å²) in [5, 5.41) is 0. The van der Waals surface area contributed by atoms with E-state index in [0.29, 0.717) is 6.42 Å². The molecule has 0 rings (SSSR count). The van der Waals surface area contributed by atoms with E-state index < -0.39 is 0 Å². The molecule has 0 spiro atoms. The molecule has 0 N–H and O–H groups in total. The molecule has 0 aliphatic heterocycles. The van der Waals surface area contributed by atoms with Gasteiger partial charge in [0.2, 0.25) is 5.78 Å². The molecule has 0 atom stereocenters. The highest BCUT2D eigenvalue weighted by molar-refractivity contribution is 5.96. The Labute approximate surface area is 68.5 Å². The third-order valence-corrected chi connectivity index (χ3v) is 1.13. The summed E-state index contributed by atoms with van der Waals surface area (Å²) in [7, 11) is 0. The van der Waals surface area contributed by atoms with Crippen LogP contribution in [0.1, 0.15) is 27.2 Å². The van der Waals surface area contributed by atoms with Gasteiger partial charge in [0.05, 0.1) is 0 Å². The van der Waals surface area contributed by atoms with Crippen molar-refractivity contribution in [2.24, 2.45) is 5.92 Å². The number of allylic oxidation sites excluding steroid dienone is 1. The van der Waals surface area contributed by atoms with Gasteiger partial charge < -0.3 is 0 Å². The maximum atomic E-state index is 10.9. The van der Waals surface area contributed by atoms with Crippen LogP contribution >= 0.6 is 0 Å². The molecule has 1 heteroatoms. The Morgan fingerprint density at radius 2 is 2.09 bits per heavy atom. The van der Waals surface area contributed by atoms with Crippen LogP contribution in [0.25, 0.3) is 0 Å². The SMILES string of the molecule is C=C(C)CC#CC(=O)C(C)C. The van der Waals surface area contributed by atoms with Gasteiger partial charge in [-0.1, -0.05) is 31.9 Å². The quantitative estimate of drug-likeness (QED) is 0.335. The molecular weight excluding hydrogens is 136 g/mol. The molecular formula is C10H14O. The van der Waals surface area contributed by atoms with Gasteiger partial charge in [-0.25, -0.2) is 0 Å². The topological polar surface area (TPSA) is 17.1 Å². The lowest BCUT2D eigenvalue weighted by atomic mass is 10.1. The summed E-state index contributed by atoms with van der Waals surface area (Å²) in [6.45, 7) is 9.27. The molecule has 1 nitrogen and oxygen atoms in total. The molecule has 0 amide bonds. The zero-order chi connectivity index (χ0) is 8.85. The first kappa shape index (κ1) is 9.97. The van der Waals surface area contributed by atoms with E-state index in [1.54, 1.807) is 0 Å². The van der Waals surface area contributed by atoms with E-state index in [2.05, 4.69) is 18.4 Å². The molecule has 0 aliphatic carbocycles. The van der Waals surface area contributed by atoms with Crippen LogP contribution < -0.4 is 0 Å². The lowest BCUT2D eigenvalue weighted by Gasteiger charge is -1.92. The molecule has 0 saturated heterocycles. The Morgan fingerprint density at radius 1 is 1.55 bits per heavy atom. The van der Waals surface area contributed by atoms with Gasteiger partial charge in [0, 0.05) is 12.3 Å². The maximum Gasteiger partial charge on any atom is 0.207 e. The van der Waals surface area contributed by atoms with Crippen LogP contribution in [0.2, 0.25) is 0 Å². The lowest BCUT2D eigenvalue weighted by molar-refractivity contribution is -0.116. The van der Waals surface area contributed by atoms with Crippen molar-refractivity contribution in [2.75, 3.05) is 0 Å². The Morgan fingerprint density at radius 3 is 2.45 bits per heavy atom. The Hall–Kier alpha value is -1.03. The monoisotopic (exact) mass is 150 g/mol. The van der Waals surface area contributed by atoms with Crippen molar-refractivity contribution in [3.05, 3.63) is 12.2 Å². The Kier molecular flexibility index (Phi) is 4.29. The fourth-order valence-corrected chi connectivity index (χ4v) is 0.427. The van der Waals surface area contributed by atoms with E-state index in [0.717, 1.165) is 5.57 Å². The van der Waals surface area contributed by atoms with Crippen LogP contribution in [0.15, 0.2) is 12.2 Å². The molecule has 0 radical (unpaired) electrons. The first-order valence-corrected chi connectivity index (χ1v) is 3.71. The molecule has 0 unspecified atom stereocenters. The summed E-state index contributed by atoms with van der Waals surface area (Å²) in [5.41, 5.74) is 0.994. The number of carbonyl (C=O) groups is 1. The summed E-state index contributed by atoms with van der Waals surface area (Å²) >= 11 is 0. The first-order chi connectivity index (χ1) is 5.04. The average molecular weight is 150 g/mol. The van der Waals surface area contributed by atoms with Crippen molar-refractivity contribution in [3.8, 4) is 11.8 Å². The fourth-order valence-electron chi connectivity index (χ4n) is 0.427. The largest absolute Gasteiger partial charge is 0.285 e. The highest BCUT2D eigenvalue weighted by Crippen LogP contribution is 1.94. The second-order valence-corrected chi connectivity index (χ2v) is 2.95. The van der Waals surface area contributed by atoms with E-state index in [1.807, 2.05) is 20.8 Å². The third kappa shape index (κ3) is 5.42. The van der Waals surface area contributed by atoms with Crippen LogP contribution in [-0.4, -0.2) is 5.78 Å². The van der Waals surface area contributed by atoms with E-state index in [1.165, 1.54) is 0 Å². The first-order valence-electron chi connectivity index (χ1n) is 3.71. The summed E-state index contributed by atoms with van der Waals surface area (Å²) in [4.78, 5) is 10.9. The highest BCUT2D eigenvalue weighted by atomic mass is 16.1. The smallest absolute Gasteiger partial charge is 0.207 e. The second kappa shape index (κ2) is 4.73. The van der Waals surface area contributed by atoms with Gasteiger partial charge >= 0.3 is 0 Å². The molecule has 0 aromatic heterocycles. The number of ketones is 1. The van der Waals surface area contributed by atoms with Crippen molar-refractivity contribution in [1.82, 2.24) is 0 Å². The van der Waals surface area contributed by atoms with Gasteiger partial charge in [-0.05, 0) is 12.8 Å². The fraction of sp³-hybridized carbons (Fsp3) is 0.500. The number of hydrogen-bond acceptors (Lipinski definition) is 1. The molecule has 0 fully saturated rings. The summed E-state index contributed by atoms with van der Waals surface area (Å²) in [6, 6.07) is 0. The zero-order valence-corrected chi connectivity index (χ0v) is 7.40. The normalized spacial score (nSPS) is 8.73. The van der Waals surface area contributed by atoms with Crippen LogP contribution in [0, 0.1) is 17.8 Å². The molecule has 60 valence electrons. The molecule has 0 saturated carbocycles. The van der Waals surface area contributed by atoms with Gasteiger partial charge in [-0.3, -0.25) is 4.79 Å². The third-order valence-electron chi connectivity index (χ3n) is 1.13. The number of Topliss-reactive ketones (excluding diaryl/α,β-unsaturated/α-hetero) is 1. The number of rotatable bonds is 2. The predicted octanol–water partition coefficient (Wildman–Crippen LogP) is 2.18. The van der Waals surface area contributed by atoms with Gasteiger partial charge in [0.1, 0.15) is 0 Å². The summed E-state index contributed by atoms with van der Waals surface area (Å²) < 4.78 is 0. The second-order valence-electron chi connectivity index (χ2n) is 2.95. The van der Waals surface area contributed by atoms with Crippen molar-refractivity contribution in [1.29, 1.82) is 0 Å². The van der Waals surface area contributed by atoms with Crippen LogP contribution in [0.5, 0.6) is 0 Å². The van der Waals surface area contributed by atoms with Gasteiger partial charge in [0.15, 0.2) is 0 Å². The minimum absolute atomic E-state index is 0.00579. The van der Waals surface area contributed by atoms with Crippen molar-refractivity contribution < 1.29 is 4.79 Å². The van der Waals surface area contributed by atoms with Crippen LogP contribution in [0.3, 0.4) is 0 Å². The van der Waals surface area contributed by atoms with E-state index in [4.69, 9.17) is 0 Å². The van der Waals surface area contributed by atoms with E-state index >= 15 is 0 Å². The van der Waals surface area contributed by atoms with Crippen LogP contribution in [0.4, 0.5) is 0 Å². The van der Waals surface area contributed by atoms with Crippen LogP contribution in [-0.2, 0) is 4.79 Å². The van der Waals surface area contributed by atoms with Crippen molar-refractivity contribution >= 4 is 5.78 Å². The Bertz CT molecular complexity index is 213. The average Bonchev–Trinajstić information content (AvgIpc) is 1.86. The highest BCUT2D eigenvalue weighted by Gasteiger charge is 2.00. The van der Waals surface area contributed by atoms with E-state index in [9.17, 15) is 4.79 Å². The summed E-state index contributed by atoms with van der Waals surface area (Å²) in [5.74, 6) is 5.36. The molecule has 0 aromatic rings. The van der Waals surface area contributed by atoms with Gasteiger partial charge in [-0.2, -0.15) is 0 Å². The van der Waals surface area contributed by atoms with Gasteiger partial charge in [0.25, 0.3) is 0 Å². The Balaban J connectivity index is 3.88. The molecule has 0 aromatic carbocycles. The number of carbonyl (C=O) groups excluding carboxylic acids is 1. The number of hydrogen-bond donors (Lipinski definition) is 0. The molecule has 0 bridgehead atoms. The van der Waals surface area contributed by atoms with Gasteiger partial charge in [-0.15, -0.1) is 0 Å². The zero-order valence-electron chi connectivity index (χ0n) is 7.40. The molecule has 0 heterocycles. The lowest BCUT2D eigenvalue weighted by Crippen LogP contribution is -2.02. The predicted molar refractivity (Wildman–Crippen MR) is 47.1 cm³/mol. The molecule has 11 heavy (non-hydrogen) atoms. The standard InChI is InChI=1S/C10H14O/c1-8(2)6-5-7-10(11)9(3)4/h9H,1,6H2,2-4H3. The van der Waals surface area contributed by atoms with Crippen molar-refractivity contribution in [2.45, 2.75) is 27.2 Å². The molecule has 0 aliphatic rings. The van der Waals surface area contributed by atoms with Crippen molar-refractivity contribution in [3.63, 3.8) is 0 Å². The summed E-state index contributed by atoms with van der Waals surface area (Å²) in [6.07, 6.45) is 0.623. The van der Waals surface area contributed by atoms with E-state index in [-0.39, 0.29) is 11.7 Å². The maximum absolute atomic E-state index is 10.9.